The predicted molar refractivity (Wildman–Crippen MR) is 77.3 cm³/mol. The van der Waals surface area contributed by atoms with Crippen LogP contribution in [0.25, 0.3) is 11.4 Å². The van der Waals surface area contributed by atoms with Gasteiger partial charge in [-0.1, -0.05) is 35.2 Å². The lowest BCUT2D eigenvalue weighted by atomic mass is 9.83. The quantitative estimate of drug-likeness (QED) is 0.879. The molecular formula is C13H16BrN5. The molecule has 0 unspecified atom stereocenters. The highest BCUT2D eigenvalue weighted by atomic mass is 79.9. The van der Waals surface area contributed by atoms with E-state index in [1.165, 1.54) is 19.3 Å². The summed E-state index contributed by atoms with van der Waals surface area (Å²) in [4.78, 5) is 0. The standard InChI is InChI=1S/C13H16BrN5/c14-11-6-10(7-12(15)8-11)13-16-17-18-19(13)5-4-9-2-1-3-9/h6-9H,1-5,15H2. The highest BCUT2D eigenvalue weighted by molar-refractivity contribution is 9.10. The monoisotopic (exact) mass is 321 g/mol. The Labute approximate surface area is 120 Å². The van der Waals surface area contributed by atoms with Gasteiger partial charge in [-0.05, 0) is 41.0 Å². The molecule has 1 aliphatic carbocycles. The minimum Gasteiger partial charge on any atom is -0.399 e. The van der Waals surface area contributed by atoms with Crippen LogP contribution in [-0.2, 0) is 6.54 Å². The molecule has 2 N–H and O–H groups in total. The lowest BCUT2D eigenvalue weighted by Gasteiger charge is -2.24. The SMILES string of the molecule is Nc1cc(Br)cc(-c2nnnn2CCC2CCC2)c1. The summed E-state index contributed by atoms with van der Waals surface area (Å²) >= 11 is 3.45. The first-order valence-electron chi connectivity index (χ1n) is 6.55. The van der Waals surface area contributed by atoms with Gasteiger partial charge in [-0.3, -0.25) is 0 Å². The van der Waals surface area contributed by atoms with Gasteiger partial charge in [0.2, 0.25) is 0 Å². The summed E-state index contributed by atoms with van der Waals surface area (Å²) in [6.07, 6.45) is 5.22. The molecule has 19 heavy (non-hydrogen) atoms. The van der Waals surface area contributed by atoms with Gasteiger partial charge in [-0.15, -0.1) is 5.10 Å². The third-order valence-electron chi connectivity index (χ3n) is 3.68. The van der Waals surface area contributed by atoms with E-state index in [9.17, 15) is 0 Å². The minimum absolute atomic E-state index is 0.706. The molecule has 0 bridgehead atoms. The number of nitrogens with zero attached hydrogens (tertiary/aromatic N) is 4. The van der Waals surface area contributed by atoms with Crippen LogP contribution < -0.4 is 5.73 Å². The molecule has 2 aromatic rings. The van der Waals surface area contributed by atoms with Gasteiger partial charge in [0, 0.05) is 22.3 Å². The lowest BCUT2D eigenvalue weighted by molar-refractivity contribution is 0.277. The van der Waals surface area contributed by atoms with E-state index in [4.69, 9.17) is 5.73 Å². The molecule has 0 spiro atoms. The zero-order valence-corrected chi connectivity index (χ0v) is 12.2. The number of hydrogen-bond donors (Lipinski definition) is 1. The van der Waals surface area contributed by atoms with Gasteiger partial charge in [-0.2, -0.15) is 0 Å². The second-order valence-electron chi connectivity index (χ2n) is 5.08. The van der Waals surface area contributed by atoms with Crippen LogP contribution >= 0.6 is 15.9 Å². The Morgan fingerprint density at radius 2 is 2.16 bits per heavy atom. The van der Waals surface area contributed by atoms with Gasteiger partial charge in [0.1, 0.15) is 0 Å². The van der Waals surface area contributed by atoms with E-state index < -0.39 is 0 Å². The topological polar surface area (TPSA) is 69.6 Å². The number of benzene rings is 1. The van der Waals surface area contributed by atoms with Crippen LogP contribution in [0.5, 0.6) is 0 Å². The Morgan fingerprint density at radius 3 is 2.84 bits per heavy atom. The van der Waals surface area contributed by atoms with E-state index in [0.29, 0.717) is 5.69 Å². The molecule has 100 valence electrons. The molecule has 1 aliphatic rings. The smallest absolute Gasteiger partial charge is 0.182 e. The Bertz CT molecular complexity index is 556. The van der Waals surface area contributed by atoms with Crippen LogP contribution in [0.3, 0.4) is 0 Å². The maximum atomic E-state index is 5.86. The summed E-state index contributed by atoms with van der Waals surface area (Å²) in [5.74, 6) is 1.64. The second-order valence-corrected chi connectivity index (χ2v) is 6.00. The Balaban J connectivity index is 1.81. The van der Waals surface area contributed by atoms with Crippen LogP contribution in [-0.4, -0.2) is 20.2 Å². The van der Waals surface area contributed by atoms with Crippen molar-refractivity contribution < 1.29 is 0 Å². The molecule has 0 atom stereocenters. The van der Waals surface area contributed by atoms with Crippen molar-refractivity contribution in [2.75, 3.05) is 5.73 Å². The van der Waals surface area contributed by atoms with Crippen LogP contribution in [0.1, 0.15) is 25.7 Å². The fourth-order valence-corrected chi connectivity index (χ4v) is 2.90. The molecule has 0 saturated heterocycles. The molecule has 1 heterocycles. The third-order valence-corrected chi connectivity index (χ3v) is 4.14. The van der Waals surface area contributed by atoms with Crippen LogP contribution in [0.15, 0.2) is 22.7 Å². The first-order chi connectivity index (χ1) is 9.22. The van der Waals surface area contributed by atoms with Gasteiger partial charge >= 0.3 is 0 Å². The maximum Gasteiger partial charge on any atom is 0.182 e. The van der Waals surface area contributed by atoms with E-state index in [-0.39, 0.29) is 0 Å². The Kier molecular flexibility index (Phi) is 3.50. The van der Waals surface area contributed by atoms with Gasteiger partial charge in [-0.25, -0.2) is 4.68 Å². The number of aryl methyl sites for hydroxylation is 1. The lowest BCUT2D eigenvalue weighted by Crippen LogP contribution is -2.15. The molecule has 1 fully saturated rings. The molecule has 1 aromatic carbocycles. The summed E-state index contributed by atoms with van der Waals surface area (Å²) in [7, 11) is 0. The van der Waals surface area contributed by atoms with Gasteiger partial charge < -0.3 is 5.73 Å². The van der Waals surface area contributed by atoms with Crippen molar-refractivity contribution in [1.82, 2.24) is 20.2 Å². The van der Waals surface area contributed by atoms with E-state index >= 15 is 0 Å². The number of nitrogen functional groups attached to an aromatic ring is 1. The summed E-state index contributed by atoms with van der Waals surface area (Å²) < 4.78 is 2.82. The summed E-state index contributed by atoms with van der Waals surface area (Å²) in [5, 5.41) is 12.0. The van der Waals surface area contributed by atoms with E-state index in [1.807, 2.05) is 22.9 Å². The molecular weight excluding hydrogens is 306 g/mol. The summed E-state index contributed by atoms with van der Waals surface area (Å²) in [6.45, 7) is 0.874. The van der Waals surface area contributed by atoms with Gasteiger partial charge in [0.05, 0.1) is 0 Å². The van der Waals surface area contributed by atoms with E-state index in [1.54, 1.807) is 0 Å². The highest BCUT2D eigenvalue weighted by Crippen LogP contribution is 2.30. The fourth-order valence-electron chi connectivity index (χ4n) is 2.39. The second kappa shape index (κ2) is 5.28. The number of nitrogens with two attached hydrogens (primary N) is 1. The predicted octanol–water partition coefficient (Wildman–Crippen LogP) is 2.88. The van der Waals surface area contributed by atoms with Gasteiger partial charge in [0.25, 0.3) is 0 Å². The molecule has 0 amide bonds. The van der Waals surface area contributed by atoms with Crippen molar-refractivity contribution in [1.29, 1.82) is 0 Å². The number of anilines is 1. The average Bonchev–Trinajstić information content (AvgIpc) is 2.74. The van der Waals surface area contributed by atoms with Crippen molar-refractivity contribution in [3.8, 4) is 11.4 Å². The van der Waals surface area contributed by atoms with Crippen molar-refractivity contribution in [2.45, 2.75) is 32.2 Å². The van der Waals surface area contributed by atoms with E-state index in [2.05, 4.69) is 31.5 Å². The summed E-state index contributed by atoms with van der Waals surface area (Å²) in [6, 6.07) is 5.75. The molecule has 3 rings (SSSR count). The zero-order valence-electron chi connectivity index (χ0n) is 10.6. The van der Waals surface area contributed by atoms with Crippen molar-refractivity contribution >= 4 is 21.6 Å². The average molecular weight is 322 g/mol. The molecule has 5 nitrogen and oxygen atoms in total. The van der Waals surface area contributed by atoms with Crippen molar-refractivity contribution in [3.63, 3.8) is 0 Å². The number of aromatic nitrogens is 4. The van der Waals surface area contributed by atoms with Crippen LogP contribution in [0, 0.1) is 5.92 Å². The summed E-state index contributed by atoms with van der Waals surface area (Å²) in [5.41, 5.74) is 7.52. The number of rotatable bonds is 4. The normalized spacial score (nSPS) is 15.4. The highest BCUT2D eigenvalue weighted by Gasteiger charge is 2.18. The fraction of sp³-hybridized carbons (Fsp3) is 0.462. The number of halogens is 1. The maximum absolute atomic E-state index is 5.86. The minimum atomic E-state index is 0.706. The third kappa shape index (κ3) is 2.78. The largest absolute Gasteiger partial charge is 0.399 e. The molecule has 1 saturated carbocycles. The molecule has 0 radical (unpaired) electrons. The number of hydrogen-bond acceptors (Lipinski definition) is 4. The Morgan fingerprint density at radius 1 is 1.32 bits per heavy atom. The first kappa shape index (κ1) is 12.6. The van der Waals surface area contributed by atoms with E-state index in [0.717, 1.165) is 34.7 Å². The molecule has 6 heteroatoms. The molecule has 0 aliphatic heterocycles. The number of tetrazole rings is 1. The van der Waals surface area contributed by atoms with Gasteiger partial charge in [0.15, 0.2) is 5.82 Å². The van der Waals surface area contributed by atoms with Crippen LogP contribution in [0.2, 0.25) is 0 Å². The molecule has 1 aromatic heterocycles. The van der Waals surface area contributed by atoms with Crippen molar-refractivity contribution in [2.24, 2.45) is 5.92 Å². The van der Waals surface area contributed by atoms with Crippen molar-refractivity contribution in [3.05, 3.63) is 22.7 Å². The zero-order chi connectivity index (χ0) is 13.2. The van der Waals surface area contributed by atoms with Crippen LogP contribution in [0.4, 0.5) is 5.69 Å². The first-order valence-corrected chi connectivity index (χ1v) is 7.34. The Hall–Kier alpha value is -1.43.